The molecule has 1 unspecified atom stereocenters. The van der Waals surface area contributed by atoms with Crippen LogP contribution >= 0.6 is 24.0 Å². The number of hydrogen-bond donors (Lipinski definition) is 2. The first-order chi connectivity index (χ1) is 9.60. The second-order valence-electron chi connectivity index (χ2n) is 4.75. The van der Waals surface area contributed by atoms with E-state index in [1.54, 1.807) is 12.3 Å². The Morgan fingerprint density at radius 1 is 1.38 bits per heavy atom. The third-order valence-electron chi connectivity index (χ3n) is 3.16. The number of rotatable bonds is 5. The highest BCUT2D eigenvalue weighted by molar-refractivity contribution is 6.31. The van der Waals surface area contributed by atoms with Gasteiger partial charge in [0.2, 0.25) is 5.91 Å². The number of hydrogen-bond acceptors (Lipinski definition) is 3. The number of halogens is 2. The number of carbonyl (C=O) groups excluding carboxylic acids is 1. The average molecular weight is 328 g/mol. The summed E-state index contributed by atoms with van der Waals surface area (Å²) >= 11 is 5.95. The fourth-order valence-corrected chi connectivity index (χ4v) is 2.05. The van der Waals surface area contributed by atoms with Crippen LogP contribution in [0.4, 0.5) is 5.69 Å². The van der Waals surface area contributed by atoms with Crippen LogP contribution in [0.1, 0.15) is 20.3 Å². The first-order valence-electron chi connectivity index (χ1n) is 6.67. The fourth-order valence-electron chi connectivity index (χ4n) is 1.88. The van der Waals surface area contributed by atoms with Crippen molar-refractivity contribution in [2.45, 2.75) is 26.3 Å². The van der Waals surface area contributed by atoms with Gasteiger partial charge in [-0.15, -0.1) is 12.4 Å². The van der Waals surface area contributed by atoms with Gasteiger partial charge >= 0.3 is 0 Å². The Labute approximate surface area is 135 Å². The smallest absolute Gasteiger partial charge is 0.239 e. The molecule has 2 N–H and O–H groups in total. The minimum Gasteiger partial charge on any atom is -0.376 e. The van der Waals surface area contributed by atoms with Crippen LogP contribution in [0.2, 0.25) is 5.02 Å². The summed E-state index contributed by atoms with van der Waals surface area (Å²) in [6.07, 6.45) is 2.62. The molecule has 0 aliphatic rings. The van der Waals surface area contributed by atoms with Gasteiger partial charge in [-0.05, 0) is 37.6 Å². The normalized spacial score (nSPS) is 11.6. The first kappa shape index (κ1) is 17.5. The van der Waals surface area contributed by atoms with Gasteiger partial charge in [-0.25, -0.2) is 0 Å². The van der Waals surface area contributed by atoms with E-state index in [-0.39, 0.29) is 30.9 Å². The van der Waals surface area contributed by atoms with Gasteiger partial charge in [0.25, 0.3) is 0 Å². The highest BCUT2D eigenvalue weighted by atomic mass is 35.5. The summed E-state index contributed by atoms with van der Waals surface area (Å²) in [4.78, 5) is 16.0. The summed E-state index contributed by atoms with van der Waals surface area (Å²) in [6, 6.07) is 7.57. The van der Waals surface area contributed by atoms with E-state index in [9.17, 15) is 4.79 Å². The lowest BCUT2D eigenvalue weighted by Crippen LogP contribution is -2.36. The maximum atomic E-state index is 11.8. The molecule has 2 aromatic rings. The zero-order chi connectivity index (χ0) is 14.5. The van der Waals surface area contributed by atoms with Crippen molar-refractivity contribution in [2.24, 2.45) is 0 Å². The van der Waals surface area contributed by atoms with Crippen LogP contribution in [0, 0.1) is 0 Å². The van der Waals surface area contributed by atoms with Crippen LogP contribution in [0.25, 0.3) is 10.9 Å². The van der Waals surface area contributed by atoms with Gasteiger partial charge in [-0.2, -0.15) is 0 Å². The molecule has 0 aliphatic heterocycles. The van der Waals surface area contributed by atoms with Crippen LogP contribution in [-0.4, -0.2) is 23.5 Å². The van der Waals surface area contributed by atoms with E-state index in [2.05, 4.69) is 15.6 Å². The molecule has 0 saturated heterocycles. The second kappa shape index (κ2) is 8.05. The highest BCUT2D eigenvalue weighted by Crippen LogP contribution is 2.24. The number of carbonyl (C=O) groups is 1. The lowest BCUT2D eigenvalue weighted by molar-refractivity contribution is -0.120. The molecule has 0 bridgehead atoms. The second-order valence-corrected chi connectivity index (χ2v) is 5.19. The molecule has 6 heteroatoms. The van der Waals surface area contributed by atoms with E-state index in [0.29, 0.717) is 5.02 Å². The molecular formula is C15H19Cl2N3O. The van der Waals surface area contributed by atoms with E-state index >= 15 is 0 Å². The minimum atomic E-state index is -0.0155. The van der Waals surface area contributed by atoms with E-state index in [1.165, 1.54) is 0 Å². The van der Waals surface area contributed by atoms with Crippen molar-refractivity contribution in [3.05, 3.63) is 35.5 Å². The van der Waals surface area contributed by atoms with Gasteiger partial charge in [0, 0.05) is 28.3 Å². The van der Waals surface area contributed by atoms with Crippen molar-refractivity contribution in [1.82, 2.24) is 10.3 Å². The van der Waals surface area contributed by atoms with Crippen molar-refractivity contribution < 1.29 is 4.79 Å². The molecule has 1 aromatic carbocycles. The summed E-state index contributed by atoms with van der Waals surface area (Å²) in [5.74, 6) is -0.0155. The Hall–Kier alpha value is -1.52. The van der Waals surface area contributed by atoms with Crippen molar-refractivity contribution in [1.29, 1.82) is 0 Å². The number of aromatic nitrogens is 1. The quantitative estimate of drug-likeness (QED) is 0.881. The Morgan fingerprint density at radius 3 is 2.86 bits per heavy atom. The predicted molar refractivity (Wildman–Crippen MR) is 90.4 cm³/mol. The van der Waals surface area contributed by atoms with Crippen molar-refractivity contribution >= 4 is 46.5 Å². The molecule has 21 heavy (non-hydrogen) atoms. The zero-order valence-electron chi connectivity index (χ0n) is 12.0. The van der Waals surface area contributed by atoms with E-state index < -0.39 is 0 Å². The molecular weight excluding hydrogens is 309 g/mol. The maximum Gasteiger partial charge on any atom is 0.239 e. The Kier molecular flexibility index (Phi) is 6.72. The first-order valence-corrected chi connectivity index (χ1v) is 7.05. The minimum absolute atomic E-state index is 0. The molecule has 0 aliphatic carbocycles. The van der Waals surface area contributed by atoms with Crippen LogP contribution in [0.3, 0.4) is 0 Å². The van der Waals surface area contributed by atoms with Crippen molar-refractivity contribution in [2.75, 3.05) is 11.9 Å². The van der Waals surface area contributed by atoms with Gasteiger partial charge in [0.15, 0.2) is 0 Å². The van der Waals surface area contributed by atoms with Crippen LogP contribution in [0.15, 0.2) is 30.5 Å². The molecule has 0 spiro atoms. The van der Waals surface area contributed by atoms with Gasteiger partial charge < -0.3 is 10.6 Å². The number of nitrogens with zero attached hydrogens (tertiary/aromatic N) is 1. The van der Waals surface area contributed by atoms with Gasteiger partial charge in [0.1, 0.15) is 0 Å². The highest BCUT2D eigenvalue weighted by Gasteiger charge is 2.07. The van der Waals surface area contributed by atoms with Crippen molar-refractivity contribution in [3.63, 3.8) is 0 Å². The Morgan fingerprint density at radius 2 is 2.14 bits per heavy atom. The van der Waals surface area contributed by atoms with Crippen LogP contribution < -0.4 is 10.6 Å². The molecule has 1 atom stereocenters. The summed E-state index contributed by atoms with van der Waals surface area (Å²) in [5, 5.41) is 7.66. The fraction of sp³-hybridized carbons (Fsp3) is 0.333. The molecule has 0 fully saturated rings. The number of amides is 1. The average Bonchev–Trinajstić information content (AvgIpc) is 2.44. The van der Waals surface area contributed by atoms with E-state index in [1.807, 2.05) is 32.0 Å². The Bertz CT molecular complexity index is 619. The molecule has 1 heterocycles. The summed E-state index contributed by atoms with van der Waals surface area (Å²) in [6.45, 7) is 4.27. The Balaban J connectivity index is 0.00000220. The molecule has 0 radical (unpaired) electrons. The number of nitrogens with one attached hydrogen (secondary N) is 2. The monoisotopic (exact) mass is 327 g/mol. The largest absolute Gasteiger partial charge is 0.376 e. The van der Waals surface area contributed by atoms with Gasteiger partial charge in [-0.3, -0.25) is 9.78 Å². The number of pyridine rings is 1. The molecule has 0 saturated carbocycles. The molecule has 2 rings (SSSR count). The standard InChI is InChI=1S/C15H18ClN3O.ClH/c1-3-10(2)19-15(20)9-18-13-6-7-17-14-8-11(16)4-5-12(13)14;/h4-8,10H,3,9H2,1-2H3,(H,17,18)(H,19,20);1H. The van der Waals surface area contributed by atoms with Crippen LogP contribution in [0.5, 0.6) is 0 Å². The molecule has 1 amide bonds. The molecule has 4 nitrogen and oxygen atoms in total. The zero-order valence-corrected chi connectivity index (χ0v) is 13.6. The van der Waals surface area contributed by atoms with Gasteiger partial charge in [0.05, 0.1) is 12.1 Å². The third-order valence-corrected chi connectivity index (χ3v) is 3.40. The lowest BCUT2D eigenvalue weighted by Gasteiger charge is -2.13. The number of anilines is 1. The van der Waals surface area contributed by atoms with E-state index in [4.69, 9.17) is 11.6 Å². The van der Waals surface area contributed by atoms with Gasteiger partial charge in [-0.1, -0.05) is 18.5 Å². The molecule has 114 valence electrons. The lowest BCUT2D eigenvalue weighted by atomic mass is 10.2. The third kappa shape index (κ3) is 4.76. The number of fused-ring (bicyclic) bond motifs is 1. The topological polar surface area (TPSA) is 54.0 Å². The maximum absolute atomic E-state index is 11.8. The van der Waals surface area contributed by atoms with E-state index in [0.717, 1.165) is 23.0 Å². The SMILES string of the molecule is CCC(C)NC(=O)CNc1ccnc2cc(Cl)ccc12.Cl. The van der Waals surface area contributed by atoms with Crippen molar-refractivity contribution in [3.8, 4) is 0 Å². The van der Waals surface area contributed by atoms with Crippen LogP contribution in [-0.2, 0) is 4.79 Å². The summed E-state index contributed by atoms with van der Waals surface area (Å²) in [5.41, 5.74) is 1.69. The number of benzene rings is 1. The molecule has 1 aromatic heterocycles. The summed E-state index contributed by atoms with van der Waals surface area (Å²) in [7, 11) is 0. The summed E-state index contributed by atoms with van der Waals surface area (Å²) < 4.78 is 0. The predicted octanol–water partition coefficient (Wildman–Crippen LogP) is 3.64.